The van der Waals surface area contributed by atoms with Crippen LogP contribution in [-0.2, 0) is 0 Å². The number of aliphatic hydroxyl groups is 1. The van der Waals surface area contributed by atoms with Crippen LogP contribution in [0.15, 0.2) is 24.3 Å². The van der Waals surface area contributed by atoms with E-state index in [0.29, 0.717) is 30.4 Å². The first-order valence-electron chi connectivity index (χ1n) is 8.45. The van der Waals surface area contributed by atoms with Crippen molar-refractivity contribution in [3.8, 4) is 5.75 Å². The Hall–Kier alpha value is -1.59. The molecule has 0 saturated heterocycles. The third kappa shape index (κ3) is 8.57. The molecule has 0 unspecified atom stereocenters. The van der Waals surface area contributed by atoms with Crippen molar-refractivity contribution >= 4 is 5.91 Å². The van der Waals surface area contributed by atoms with Crippen LogP contribution in [0.4, 0.5) is 0 Å². The average molecular weight is 322 g/mol. The van der Waals surface area contributed by atoms with E-state index in [0.717, 1.165) is 19.3 Å². The number of hydrogen-bond donors (Lipinski definition) is 3. The number of carbonyl (C=O) groups is 1. The summed E-state index contributed by atoms with van der Waals surface area (Å²) in [5.41, 5.74) is 0.621. The van der Waals surface area contributed by atoms with E-state index in [4.69, 9.17) is 4.74 Å². The smallest absolute Gasteiger partial charge is 0.251 e. The summed E-state index contributed by atoms with van der Waals surface area (Å²) in [4.78, 5) is 11.9. The molecule has 0 aliphatic rings. The molecule has 0 heterocycles. The number of rotatable bonds is 11. The fourth-order valence-corrected chi connectivity index (χ4v) is 2.00. The van der Waals surface area contributed by atoms with E-state index in [1.165, 1.54) is 0 Å². The molecule has 0 fully saturated rings. The minimum atomic E-state index is -0.557. The summed E-state index contributed by atoms with van der Waals surface area (Å²) in [6, 6.07) is 7.32. The summed E-state index contributed by atoms with van der Waals surface area (Å²) in [5.74, 6) is 0.588. The summed E-state index contributed by atoms with van der Waals surface area (Å²) < 4.78 is 5.53. The van der Waals surface area contributed by atoms with E-state index in [2.05, 4.69) is 17.6 Å². The van der Waals surface area contributed by atoms with Crippen molar-refractivity contribution in [1.82, 2.24) is 10.6 Å². The largest absolute Gasteiger partial charge is 0.491 e. The highest BCUT2D eigenvalue weighted by atomic mass is 16.5. The van der Waals surface area contributed by atoms with Crippen LogP contribution in [-0.4, -0.2) is 42.9 Å². The zero-order valence-electron chi connectivity index (χ0n) is 14.5. The third-order valence-corrected chi connectivity index (χ3v) is 3.39. The van der Waals surface area contributed by atoms with Crippen LogP contribution in [0.1, 0.15) is 50.4 Å². The van der Waals surface area contributed by atoms with Crippen molar-refractivity contribution in [2.75, 3.05) is 19.7 Å². The molecule has 0 radical (unpaired) electrons. The highest BCUT2D eigenvalue weighted by Crippen LogP contribution is 2.12. The van der Waals surface area contributed by atoms with Gasteiger partial charge >= 0.3 is 0 Å². The maximum Gasteiger partial charge on any atom is 0.251 e. The molecule has 1 amide bonds. The van der Waals surface area contributed by atoms with E-state index in [1.807, 2.05) is 13.8 Å². The standard InChI is InChI=1S/C18H30N2O3/c1-4-5-6-11-19-18(22)15-7-9-17(10-8-15)23-13-16(21)12-20-14(2)3/h7-10,14,16,20-21H,4-6,11-13H2,1-3H3,(H,19,22)/t16-/m1/s1. The van der Waals surface area contributed by atoms with Crippen LogP contribution >= 0.6 is 0 Å². The first kappa shape index (κ1) is 19.5. The molecule has 5 heteroatoms. The zero-order valence-corrected chi connectivity index (χ0v) is 14.5. The van der Waals surface area contributed by atoms with Crippen molar-refractivity contribution < 1.29 is 14.6 Å². The summed E-state index contributed by atoms with van der Waals surface area (Å²) >= 11 is 0. The summed E-state index contributed by atoms with van der Waals surface area (Å²) in [6.07, 6.45) is 2.71. The number of benzene rings is 1. The van der Waals surface area contributed by atoms with Gasteiger partial charge in [-0.25, -0.2) is 0 Å². The van der Waals surface area contributed by atoms with Crippen LogP contribution in [0.5, 0.6) is 5.75 Å². The van der Waals surface area contributed by atoms with Crippen molar-refractivity contribution in [3.63, 3.8) is 0 Å². The van der Waals surface area contributed by atoms with Gasteiger partial charge in [-0.1, -0.05) is 33.6 Å². The number of carbonyl (C=O) groups excluding carboxylic acids is 1. The van der Waals surface area contributed by atoms with Gasteiger partial charge in [0.05, 0.1) is 0 Å². The molecule has 0 bridgehead atoms. The maximum absolute atomic E-state index is 11.9. The summed E-state index contributed by atoms with van der Waals surface area (Å²) in [7, 11) is 0. The van der Waals surface area contributed by atoms with Crippen LogP contribution in [0.3, 0.4) is 0 Å². The number of aliphatic hydroxyl groups excluding tert-OH is 1. The predicted molar refractivity (Wildman–Crippen MR) is 92.9 cm³/mol. The second kappa shape index (κ2) is 11.0. The average Bonchev–Trinajstić information content (AvgIpc) is 2.55. The molecule has 1 aromatic rings. The van der Waals surface area contributed by atoms with Gasteiger partial charge in [-0.05, 0) is 30.7 Å². The lowest BCUT2D eigenvalue weighted by Gasteiger charge is -2.15. The Morgan fingerprint density at radius 1 is 1.22 bits per heavy atom. The number of nitrogens with one attached hydrogen (secondary N) is 2. The van der Waals surface area contributed by atoms with Crippen molar-refractivity contribution in [3.05, 3.63) is 29.8 Å². The number of amides is 1. The lowest BCUT2D eigenvalue weighted by Crippen LogP contribution is -2.35. The van der Waals surface area contributed by atoms with Crippen LogP contribution in [0.25, 0.3) is 0 Å². The molecular formula is C18H30N2O3. The van der Waals surface area contributed by atoms with Gasteiger partial charge in [-0.15, -0.1) is 0 Å². The molecule has 3 N–H and O–H groups in total. The molecule has 1 rings (SSSR count). The van der Waals surface area contributed by atoms with Crippen molar-refractivity contribution in [1.29, 1.82) is 0 Å². The van der Waals surface area contributed by atoms with Crippen LogP contribution in [0.2, 0.25) is 0 Å². The molecule has 0 aliphatic carbocycles. The topological polar surface area (TPSA) is 70.6 Å². The SMILES string of the molecule is CCCCCNC(=O)c1ccc(OC[C@H](O)CNC(C)C)cc1. The van der Waals surface area contributed by atoms with E-state index in [1.54, 1.807) is 24.3 Å². The Labute approximate surface area is 139 Å². The highest BCUT2D eigenvalue weighted by Gasteiger charge is 2.08. The van der Waals surface area contributed by atoms with Crippen molar-refractivity contribution in [2.45, 2.75) is 52.2 Å². The van der Waals surface area contributed by atoms with E-state index < -0.39 is 6.10 Å². The molecule has 0 spiro atoms. The van der Waals surface area contributed by atoms with Gasteiger partial charge in [-0.2, -0.15) is 0 Å². The zero-order chi connectivity index (χ0) is 17.1. The number of unbranched alkanes of at least 4 members (excludes halogenated alkanes) is 2. The molecular weight excluding hydrogens is 292 g/mol. The number of ether oxygens (including phenoxy) is 1. The van der Waals surface area contributed by atoms with Gasteiger partial charge in [0.15, 0.2) is 0 Å². The fraction of sp³-hybridized carbons (Fsp3) is 0.611. The van der Waals surface area contributed by atoms with E-state index in [-0.39, 0.29) is 12.5 Å². The monoisotopic (exact) mass is 322 g/mol. The Morgan fingerprint density at radius 2 is 1.91 bits per heavy atom. The van der Waals surface area contributed by atoms with E-state index >= 15 is 0 Å². The Bertz CT molecular complexity index is 446. The molecule has 23 heavy (non-hydrogen) atoms. The van der Waals surface area contributed by atoms with Crippen molar-refractivity contribution in [2.24, 2.45) is 0 Å². The summed E-state index contributed by atoms with van der Waals surface area (Å²) in [5, 5.41) is 15.8. The van der Waals surface area contributed by atoms with Gasteiger partial charge in [0.1, 0.15) is 18.5 Å². The predicted octanol–water partition coefficient (Wildman–Crippen LogP) is 2.34. The lowest BCUT2D eigenvalue weighted by molar-refractivity contribution is 0.0952. The number of hydrogen-bond acceptors (Lipinski definition) is 4. The molecule has 1 atom stereocenters. The van der Waals surface area contributed by atoms with Gasteiger partial charge in [0.25, 0.3) is 5.91 Å². The van der Waals surface area contributed by atoms with Gasteiger partial charge < -0.3 is 20.5 Å². The van der Waals surface area contributed by atoms with Crippen LogP contribution < -0.4 is 15.4 Å². The first-order valence-corrected chi connectivity index (χ1v) is 8.45. The molecule has 130 valence electrons. The first-order chi connectivity index (χ1) is 11.0. The normalized spacial score (nSPS) is 12.2. The lowest BCUT2D eigenvalue weighted by atomic mass is 10.2. The molecule has 0 aliphatic heterocycles. The molecule has 0 saturated carbocycles. The van der Waals surface area contributed by atoms with Gasteiger partial charge in [0.2, 0.25) is 0 Å². The van der Waals surface area contributed by atoms with Crippen LogP contribution in [0, 0.1) is 0 Å². The third-order valence-electron chi connectivity index (χ3n) is 3.39. The van der Waals surface area contributed by atoms with Gasteiger partial charge in [0, 0.05) is 24.7 Å². The second-order valence-corrected chi connectivity index (χ2v) is 6.02. The minimum absolute atomic E-state index is 0.0613. The Morgan fingerprint density at radius 3 is 2.52 bits per heavy atom. The second-order valence-electron chi connectivity index (χ2n) is 6.02. The molecule has 5 nitrogen and oxygen atoms in total. The summed E-state index contributed by atoms with van der Waals surface area (Å²) in [6.45, 7) is 7.62. The molecule has 0 aromatic heterocycles. The fourth-order valence-electron chi connectivity index (χ4n) is 2.00. The maximum atomic E-state index is 11.9. The van der Waals surface area contributed by atoms with Gasteiger partial charge in [-0.3, -0.25) is 4.79 Å². The molecule has 1 aromatic carbocycles. The minimum Gasteiger partial charge on any atom is -0.491 e. The highest BCUT2D eigenvalue weighted by molar-refractivity contribution is 5.94. The Balaban J connectivity index is 2.33. The Kier molecular flexibility index (Phi) is 9.33. The quantitative estimate of drug-likeness (QED) is 0.547. The van der Waals surface area contributed by atoms with E-state index in [9.17, 15) is 9.90 Å².